The van der Waals surface area contributed by atoms with E-state index in [2.05, 4.69) is 4.90 Å². The lowest BCUT2D eigenvalue weighted by atomic mass is 10.0. The summed E-state index contributed by atoms with van der Waals surface area (Å²) in [6.45, 7) is 0.973. The number of benzene rings is 2. The largest absolute Gasteiger partial charge is 0.497 e. The molecule has 0 bridgehead atoms. The molecule has 0 unspecified atom stereocenters. The number of carbonyl (C=O) groups excluding carboxylic acids is 1. The van der Waals surface area contributed by atoms with Gasteiger partial charge in [-0.3, -0.25) is 14.2 Å². The zero-order chi connectivity index (χ0) is 27.9. The van der Waals surface area contributed by atoms with E-state index in [9.17, 15) is 9.59 Å². The maximum atomic E-state index is 13.9. The Morgan fingerprint density at radius 2 is 1.93 bits per heavy atom. The number of nitrogens with zero attached hydrogens (tertiary/aromatic N) is 4. The van der Waals surface area contributed by atoms with Gasteiger partial charge < -0.3 is 14.4 Å². The van der Waals surface area contributed by atoms with Crippen LogP contribution >= 0.6 is 22.9 Å². The van der Waals surface area contributed by atoms with Crippen LogP contribution in [-0.4, -0.2) is 47.1 Å². The summed E-state index contributed by atoms with van der Waals surface area (Å²) in [5.74, 6) is 2.04. The summed E-state index contributed by atoms with van der Waals surface area (Å²) in [7, 11) is 3.19. The number of carbonyl (C=O) groups is 1. The number of aryl methyl sites for hydroxylation is 1. The molecule has 2 fully saturated rings. The van der Waals surface area contributed by atoms with Crippen molar-refractivity contribution in [3.05, 3.63) is 75.8 Å². The van der Waals surface area contributed by atoms with Gasteiger partial charge in [-0.15, -0.1) is 11.6 Å². The molecule has 1 atom stereocenters. The zero-order valence-electron chi connectivity index (χ0n) is 22.6. The molecule has 10 heteroatoms. The first-order valence-corrected chi connectivity index (χ1v) is 14.7. The Kier molecular flexibility index (Phi) is 7.27. The number of halogens is 1. The van der Waals surface area contributed by atoms with E-state index in [1.165, 1.54) is 11.3 Å². The van der Waals surface area contributed by atoms with Crippen LogP contribution in [0.1, 0.15) is 49.1 Å². The van der Waals surface area contributed by atoms with Crippen molar-refractivity contribution in [3.8, 4) is 11.5 Å². The molecule has 2 aliphatic rings. The molecule has 0 amide bonds. The number of hydrogen-bond acceptors (Lipinski definition) is 8. The highest BCUT2D eigenvalue weighted by Crippen LogP contribution is 2.51. The number of aromatic nitrogens is 3. The Bertz CT molecular complexity index is 1620. The van der Waals surface area contributed by atoms with Crippen LogP contribution in [0.25, 0.3) is 10.3 Å². The normalized spacial score (nSPS) is 17.8. The summed E-state index contributed by atoms with van der Waals surface area (Å²) in [6.07, 6.45) is 4.39. The molecule has 208 valence electrons. The summed E-state index contributed by atoms with van der Waals surface area (Å²) < 4.78 is 12.5. The third-order valence-corrected chi connectivity index (χ3v) is 9.33. The topological polar surface area (TPSA) is 86.5 Å². The van der Waals surface area contributed by atoms with Gasteiger partial charge in [0, 0.05) is 24.6 Å². The van der Waals surface area contributed by atoms with Crippen LogP contribution in [0.5, 0.6) is 11.5 Å². The predicted octanol–water partition coefficient (Wildman–Crippen LogP) is 5.32. The van der Waals surface area contributed by atoms with Crippen molar-refractivity contribution in [2.24, 2.45) is 0 Å². The van der Waals surface area contributed by atoms with Crippen LogP contribution in [-0.2, 0) is 22.6 Å². The smallest absolute Gasteiger partial charge is 0.281 e. The molecule has 1 saturated heterocycles. The molecule has 40 heavy (non-hydrogen) atoms. The minimum atomic E-state index is -0.666. The van der Waals surface area contributed by atoms with Crippen LogP contribution in [0.3, 0.4) is 0 Å². The average Bonchev–Trinajstić information content (AvgIpc) is 3.36. The Hall–Kier alpha value is -3.43. The van der Waals surface area contributed by atoms with Crippen molar-refractivity contribution < 1.29 is 14.3 Å². The van der Waals surface area contributed by atoms with Crippen LogP contribution < -0.4 is 19.9 Å². The van der Waals surface area contributed by atoms with E-state index in [4.69, 9.17) is 31.0 Å². The average molecular weight is 579 g/mol. The number of ether oxygens (including phenoxy) is 2. The second kappa shape index (κ2) is 10.9. The second-order valence-corrected chi connectivity index (χ2v) is 12.1. The highest BCUT2D eigenvalue weighted by Gasteiger charge is 2.47. The molecule has 8 nitrogen and oxygen atoms in total. The quantitative estimate of drug-likeness (QED) is 0.235. The first-order chi connectivity index (χ1) is 19.4. The van der Waals surface area contributed by atoms with Gasteiger partial charge in [0.15, 0.2) is 21.3 Å². The monoisotopic (exact) mass is 578 g/mol. The van der Waals surface area contributed by atoms with E-state index >= 15 is 0 Å². The highest BCUT2D eigenvalue weighted by atomic mass is 35.5. The summed E-state index contributed by atoms with van der Waals surface area (Å²) in [5, 5.41) is 0.667. The number of thiazole rings is 1. The van der Waals surface area contributed by atoms with Crippen molar-refractivity contribution in [3.63, 3.8) is 0 Å². The van der Waals surface area contributed by atoms with Gasteiger partial charge in [0.2, 0.25) is 0 Å². The van der Waals surface area contributed by atoms with Gasteiger partial charge in [-0.1, -0.05) is 41.7 Å². The van der Waals surface area contributed by atoms with E-state index in [0.717, 1.165) is 43.4 Å². The molecule has 4 aromatic rings. The lowest BCUT2D eigenvalue weighted by Gasteiger charge is -2.22. The number of hydrogen-bond donors (Lipinski definition) is 0. The molecule has 0 radical (unpaired) electrons. The molecule has 1 aliphatic heterocycles. The fourth-order valence-corrected chi connectivity index (χ4v) is 6.65. The summed E-state index contributed by atoms with van der Waals surface area (Å²) >= 11 is 8.24. The van der Waals surface area contributed by atoms with Crippen molar-refractivity contribution in [1.82, 2.24) is 14.5 Å². The first-order valence-electron chi connectivity index (χ1n) is 13.5. The van der Waals surface area contributed by atoms with Gasteiger partial charge >= 0.3 is 0 Å². The predicted molar refractivity (Wildman–Crippen MR) is 157 cm³/mol. The Morgan fingerprint density at radius 1 is 1.12 bits per heavy atom. The molecule has 1 aliphatic carbocycles. The molecule has 1 saturated carbocycles. The SMILES string of the molecule is COc1ccc(Cn2c(C3(Cl)CC3)nc3sc(N4CCC[C@@H]4C(=O)CCc4ccccc4)nc3c2=O)c(OC)c1. The fourth-order valence-electron chi connectivity index (χ4n) is 5.40. The van der Waals surface area contributed by atoms with Crippen LogP contribution in [0.15, 0.2) is 53.3 Å². The number of rotatable bonds is 10. The number of alkyl halides is 1. The number of ketones is 1. The van der Waals surface area contributed by atoms with Gasteiger partial charge in [-0.25, -0.2) is 9.97 Å². The molecule has 3 heterocycles. The lowest BCUT2D eigenvalue weighted by Crippen LogP contribution is -2.36. The molecule has 2 aromatic heterocycles. The van der Waals surface area contributed by atoms with Gasteiger partial charge in [-0.05, 0) is 49.8 Å². The first kappa shape index (κ1) is 26.8. The Balaban J connectivity index is 1.33. The van der Waals surface area contributed by atoms with Crippen LogP contribution in [0.2, 0.25) is 0 Å². The summed E-state index contributed by atoms with van der Waals surface area (Å²) in [5.41, 5.74) is 2.03. The summed E-state index contributed by atoms with van der Waals surface area (Å²) in [6, 6.07) is 15.3. The van der Waals surface area contributed by atoms with Crippen LogP contribution in [0, 0.1) is 0 Å². The standard InChI is InChI=1S/C30H31ClN4O4S/c1-38-21-12-11-20(24(17-21)39-2)18-35-27(37)25-26(33-28(35)30(31)14-15-30)40-29(32-25)34-16-6-9-22(34)23(36)13-10-19-7-4-3-5-8-19/h3-5,7-8,11-12,17,22H,6,9-10,13-16,18H2,1-2H3/t22-/m1/s1. The van der Waals surface area contributed by atoms with Crippen molar-refractivity contribution in [2.45, 2.75) is 56.0 Å². The molecule has 0 spiro atoms. The number of Topliss-reactive ketones (excluding diaryl/α,β-unsaturated/α-hetero) is 1. The van der Waals surface area contributed by atoms with E-state index in [-0.39, 0.29) is 23.9 Å². The van der Waals surface area contributed by atoms with Crippen molar-refractivity contribution >= 4 is 44.2 Å². The molecule has 2 aromatic carbocycles. The lowest BCUT2D eigenvalue weighted by molar-refractivity contribution is -0.120. The molecule has 6 rings (SSSR count). The number of fused-ring (bicyclic) bond motifs is 1. The minimum Gasteiger partial charge on any atom is -0.497 e. The number of methoxy groups -OCH3 is 2. The molecule has 0 N–H and O–H groups in total. The third kappa shape index (κ3) is 5.08. The van der Waals surface area contributed by atoms with Gasteiger partial charge in [-0.2, -0.15) is 0 Å². The van der Waals surface area contributed by atoms with E-state index < -0.39 is 4.87 Å². The Morgan fingerprint density at radius 3 is 2.65 bits per heavy atom. The van der Waals surface area contributed by atoms with E-state index in [1.54, 1.807) is 24.9 Å². The molecular formula is C30H31ClN4O4S. The van der Waals surface area contributed by atoms with Crippen molar-refractivity contribution in [2.75, 3.05) is 25.7 Å². The maximum Gasteiger partial charge on any atom is 0.281 e. The van der Waals surface area contributed by atoms with E-state index in [1.807, 2.05) is 42.5 Å². The van der Waals surface area contributed by atoms with E-state index in [0.29, 0.717) is 45.6 Å². The highest BCUT2D eigenvalue weighted by molar-refractivity contribution is 7.21. The maximum absolute atomic E-state index is 13.9. The van der Waals surface area contributed by atoms with Gasteiger partial charge in [0.25, 0.3) is 5.56 Å². The van der Waals surface area contributed by atoms with Crippen molar-refractivity contribution in [1.29, 1.82) is 0 Å². The molecular weight excluding hydrogens is 548 g/mol. The van der Waals surface area contributed by atoms with Gasteiger partial charge in [0.05, 0.1) is 26.8 Å². The zero-order valence-corrected chi connectivity index (χ0v) is 24.1. The third-order valence-electron chi connectivity index (χ3n) is 7.79. The fraction of sp³-hybridized carbons (Fsp3) is 0.400. The number of anilines is 1. The second-order valence-electron chi connectivity index (χ2n) is 10.4. The summed E-state index contributed by atoms with van der Waals surface area (Å²) in [4.78, 5) is 38.8. The minimum absolute atomic E-state index is 0.205. The van der Waals surface area contributed by atoms with Crippen LogP contribution in [0.4, 0.5) is 5.13 Å². The van der Waals surface area contributed by atoms with Gasteiger partial charge in [0.1, 0.15) is 22.2 Å². The Labute approximate surface area is 241 Å².